The van der Waals surface area contributed by atoms with Crippen LogP contribution >= 0.6 is 12.2 Å². The first-order valence-electron chi connectivity index (χ1n) is 5.22. The van der Waals surface area contributed by atoms with E-state index in [1.807, 2.05) is 13.0 Å². The fourth-order valence-electron chi connectivity index (χ4n) is 1.26. The molecular weight excluding hydrogens is 234 g/mol. The van der Waals surface area contributed by atoms with Crippen molar-refractivity contribution >= 4 is 23.0 Å². The number of thiocarbonyl (C=S) groups is 1. The number of nitrogens with zero attached hydrogens (tertiary/aromatic N) is 1. The van der Waals surface area contributed by atoms with Crippen LogP contribution in [0, 0.1) is 18.3 Å². The molecule has 0 heterocycles. The van der Waals surface area contributed by atoms with E-state index in [0.29, 0.717) is 23.8 Å². The Kier molecular flexibility index (Phi) is 5.40. The van der Waals surface area contributed by atoms with Crippen LogP contribution in [0.15, 0.2) is 18.2 Å². The van der Waals surface area contributed by atoms with Crippen molar-refractivity contribution in [2.24, 2.45) is 0 Å². The summed E-state index contributed by atoms with van der Waals surface area (Å²) in [4.78, 5) is 0. The zero-order valence-electron chi connectivity index (χ0n) is 9.91. The number of hydrogen-bond acceptors (Lipinski definition) is 3. The lowest BCUT2D eigenvalue weighted by molar-refractivity contribution is 0.204. The van der Waals surface area contributed by atoms with Gasteiger partial charge in [0.25, 0.3) is 0 Å². The molecule has 0 amide bonds. The monoisotopic (exact) mass is 249 g/mol. The summed E-state index contributed by atoms with van der Waals surface area (Å²) < 4.78 is 4.91. The molecule has 0 radical (unpaired) electrons. The lowest BCUT2D eigenvalue weighted by Gasteiger charge is -2.12. The van der Waals surface area contributed by atoms with Crippen molar-refractivity contribution in [3.8, 4) is 6.07 Å². The Morgan fingerprint density at radius 1 is 1.53 bits per heavy atom. The van der Waals surface area contributed by atoms with E-state index in [1.165, 1.54) is 0 Å². The molecule has 0 atom stereocenters. The molecule has 0 saturated heterocycles. The fraction of sp³-hybridized carbons (Fsp3) is 0.333. The Labute approximate surface area is 107 Å². The van der Waals surface area contributed by atoms with Crippen molar-refractivity contribution in [2.75, 3.05) is 25.6 Å². The molecule has 0 bridgehead atoms. The lowest BCUT2D eigenvalue weighted by Crippen LogP contribution is -2.31. The van der Waals surface area contributed by atoms with Gasteiger partial charge >= 0.3 is 0 Å². The first kappa shape index (κ1) is 13.4. The molecule has 4 nitrogen and oxygen atoms in total. The molecular formula is C12H15N3OS. The van der Waals surface area contributed by atoms with Crippen LogP contribution in [0.2, 0.25) is 0 Å². The molecule has 0 aliphatic heterocycles. The molecule has 0 aromatic heterocycles. The molecule has 1 aromatic carbocycles. The van der Waals surface area contributed by atoms with Crippen molar-refractivity contribution in [1.29, 1.82) is 5.26 Å². The highest BCUT2D eigenvalue weighted by Crippen LogP contribution is 2.16. The normalized spacial score (nSPS) is 9.47. The van der Waals surface area contributed by atoms with Crippen LogP contribution in [0.25, 0.3) is 0 Å². The Morgan fingerprint density at radius 2 is 2.29 bits per heavy atom. The highest BCUT2D eigenvalue weighted by molar-refractivity contribution is 7.80. The van der Waals surface area contributed by atoms with Gasteiger partial charge in [-0.05, 0) is 36.8 Å². The smallest absolute Gasteiger partial charge is 0.170 e. The number of aryl methyl sites for hydroxylation is 1. The molecule has 17 heavy (non-hydrogen) atoms. The molecule has 0 saturated carbocycles. The summed E-state index contributed by atoms with van der Waals surface area (Å²) in [5.74, 6) is 0. The highest BCUT2D eigenvalue weighted by Gasteiger charge is 2.02. The van der Waals surface area contributed by atoms with E-state index in [2.05, 4.69) is 16.7 Å². The Morgan fingerprint density at radius 3 is 2.94 bits per heavy atom. The van der Waals surface area contributed by atoms with Crippen molar-refractivity contribution in [3.05, 3.63) is 29.3 Å². The summed E-state index contributed by atoms with van der Waals surface area (Å²) in [6.45, 7) is 3.21. The Balaban J connectivity index is 2.61. The van der Waals surface area contributed by atoms with Gasteiger partial charge in [0.15, 0.2) is 5.11 Å². The lowest BCUT2D eigenvalue weighted by atomic mass is 10.1. The number of hydrogen-bond donors (Lipinski definition) is 2. The van der Waals surface area contributed by atoms with E-state index in [-0.39, 0.29) is 0 Å². The van der Waals surface area contributed by atoms with Gasteiger partial charge in [0.05, 0.1) is 18.2 Å². The van der Waals surface area contributed by atoms with Crippen LogP contribution in [0.1, 0.15) is 11.1 Å². The minimum atomic E-state index is 0.528. The first-order chi connectivity index (χ1) is 8.17. The molecule has 0 unspecified atom stereocenters. The van der Waals surface area contributed by atoms with Gasteiger partial charge in [-0.1, -0.05) is 6.07 Å². The van der Waals surface area contributed by atoms with Crippen LogP contribution in [-0.2, 0) is 4.74 Å². The number of rotatable bonds is 4. The zero-order valence-corrected chi connectivity index (χ0v) is 10.7. The third-order valence-electron chi connectivity index (χ3n) is 2.21. The minimum absolute atomic E-state index is 0.528. The average molecular weight is 249 g/mol. The summed E-state index contributed by atoms with van der Waals surface area (Å²) in [5, 5.41) is 15.4. The molecule has 0 aliphatic carbocycles. The number of anilines is 1. The van der Waals surface area contributed by atoms with Crippen LogP contribution in [0.4, 0.5) is 5.69 Å². The number of methoxy groups -OCH3 is 1. The van der Waals surface area contributed by atoms with Gasteiger partial charge < -0.3 is 15.4 Å². The van der Waals surface area contributed by atoms with Gasteiger partial charge in [-0.3, -0.25) is 0 Å². The van der Waals surface area contributed by atoms with Crippen molar-refractivity contribution in [1.82, 2.24) is 5.32 Å². The molecule has 5 heteroatoms. The Hall–Kier alpha value is -1.64. The van der Waals surface area contributed by atoms with Gasteiger partial charge in [-0.25, -0.2) is 0 Å². The standard InChI is InChI=1S/C12H15N3OS/c1-9-3-4-10(8-13)7-11(9)15-12(17)14-5-6-16-2/h3-4,7H,5-6H2,1-2H3,(H2,14,15,17). The zero-order chi connectivity index (χ0) is 12.7. The number of ether oxygens (including phenoxy) is 1. The van der Waals surface area contributed by atoms with Gasteiger partial charge in [-0.2, -0.15) is 5.26 Å². The number of nitrogens with one attached hydrogen (secondary N) is 2. The van der Waals surface area contributed by atoms with Crippen molar-refractivity contribution in [2.45, 2.75) is 6.92 Å². The van der Waals surface area contributed by atoms with Crippen LogP contribution in [0.5, 0.6) is 0 Å². The van der Waals surface area contributed by atoms with E-state index in [4.69, 9.17) is 22.2 Å². The van der Waals surface area contributed by atoms with Gasteiger partial charge in [0.2, 0.25) is 0 Å². The minimum Gasteiger partial charge on any atom is -0.383 e. The van der Waals surface area contributed by atoms with E-state index in [9.17, 15) is 0 Å². The van der Waals surface area contributed by atoms with E-state index >= 15 is 0 Å². The maximum Gasteiger partial charge on any atom is 0.170 e. The second-order valence-corrected chi connectivity index (χ2v) is 3.92. The Bertz CT molecular complexity index is 440. The summed E-state index contributed by atoms with van der Waals surface area (Å²) in [6, 6.07) is 7.54. The summed E-state index contributed by atoms with van der Waals surface area (Å²) in [5.41, 5.74) is 2.50. The molecule has 2 N–H and O–H groups in total. The van der Waals surface area contributed by atoms with Gasteiger partial charge in [0.1, 0.15) is 0 Å². The topological polar surface area (TPSA) is 57.1 Å². The molecule has 0 aliphatic rings. The summed E-state index contributed by atoms with van der Waals surface area (Å²) >= 11 is 5.13. The number of nitriles is 1. The van der Waals surface area contributed by atoms with Crippen LogP contribution < -0.4 is 10.6 Å². The number of benzene rings is 1. The molecule has 90 valence electrons. The van der Waals surface area contributed by atoms with Gasteiger partial charge in [0, 0.05) is 19.3 Å². The fourth-order valence-corrected chi connectivity index (χ4v) is 1.47. The second-order valence-electron chi connectivity index (χ2n) is 3.52. The largest absolute Gasteiger partial charge is 0.383 e. The van der Waals surface area contributed by atoms with E-state index < -0.39 is 0 Å². The maximum absolute atomic E-state index is 8.82. The molecule has 0 fully saturated rings. The first-order valence-corrected chi connectivity index (χ1v) is 5.62. The molecule has 1 rings (SSSR count). The van der Waals surface area contributed by atoms with Crippen molar-refractivity contribution < 1.29 is 4.74 Å². The highest BCUT2D eigenvalue weighted by atomic mass is 32.1. The predicted molar refractivity (Wildman–Crippen MR) is 72.0 cm³/mol. The third-order valence-corrected chi connectivity index (χ3v) is 2.45. The summed E-state index contributed by atoms with van der Waals surface area (Å²) in [6.07, 6.45) is 0. The van der Waals surface area contributed by atoms with Crippen molar-refractivity contribution in [3.63, 3.8) is 0 Å². The predicted octanol–water partition coefficient (Wildman–Crippen LogP) is 1.80. The van der Waals surface area contributed by atoms with E-state index in [0.717, 1.165) is 11.3 Å². The van der Waals surface area contributed by atoms with E-state index in [1.54, 1.807) is 19.2 Å². The SMILES string of the molecule is COCCNC(=S)Nc1cc(C#N)ccc1C. The van der Waals surface area contributed by atoms with Crippen LogP contribution in [0.3, 0.4) is 0 Å². The van der Waals surface area contributed by atoms with Gasteiger partial charge in [-0.15, -0.1) is 0 Å². The third kappa shape index (κ3) is 4.39. The van der Waals surface area contributed by atoms with Crippen LogP contribution in [-0.4, -0.2) is 25.4 Å². The quantitative estimate of drug-likeness (QED) is 0.629. The maximum atomic E-state index is 8.82. The molecule has 1 aromatic rings. The molecule has 0 spiro atoms. The average Bonchev–Trinajstić information content (AvgIpc) is 2.32. The second kappa shape index (κ2) is 6.84. The summed E-state index contributed by atoms with van der Waals surface area (Å²) in [7, 11) is 1.64.